The quantitative estimate of drug-likeness (QED) is 0.612. The van der Waals surface area contributed by atoms with E-state index in [1.807, 2.05) is 0 Å². The summed E-state index contributed by atoms with van der Waals surface area (Å²) in [5, 5.41) is 0.680. The Bertz CT molecular complexity index is 650. The first-order chi connectivity index (χ1) is 9.80. The van der Waals surface area contributed by atoms with Gasteiger partial charge >= 0.3 is 11.5 Å². The summed E-state index contributed by atoms with van der Waals surface area (Å²) < 4.78 is 41.5. The fourth-order valence-corrected chi connectivity index (χ4v) is 3.12. The molecule has 8 heteroatoms. The SMILES string of the molecule is COC(=O)c1nc(C)sc1-c1ccc(SC(F)(F)F)cc1. The number of carbonyl (C=O) groups excluding carboxylic acids is 1. The first-order valence-corrected chi connectivity index (χ1v) is 7.35. The van der Waals surface area contributed by atoms with Crippen LogP contribution in [0.4, 0.5) is 13.2 Å². The van der Waals surface area contributed by atoms with Crippen molar-refractivity contribution in [3.8, 4) is 10.4 Å². The van der Waals surface area contributed by atoms with Crippen molar-refractivity contribution in [1.29, 1.82) is 0 Å². The number of methoxy groups -OCH3 is 1. The van der Waals surface area contributed by atoms with E-state index < -0.39 is 11.5 Å². The highest BCUT2D eigenvalue weighted by Gasteiger charge is 2.29. The van der Waals surface area contributed by atoms with Gasteiger partial charge in [0.2, 0.25) is 0 Å². The van der Waals surface area contributed by atoms with Gasteiger partial charge in [0, 0.05) is 4.90 Å². The third-order valence-electron chi connectivity index (χ3n) is 2.46. The number of thiazole rings is 1. The molecule has 0 aliphatic carbocycles. The maximum atomic E-state index is 12.3. The van der Waals surface area contributed by atoms with Crippen molar-refractivity contribution in [3.63, 3.8) is 0 Å². The average molecular weight is 333 g/mol. The Balaban J connectivity index is 2.33. The van der Waals surface area contributed by atoms with Crippen LogP contribution < -0.4 is 0 Å². The summed E-state index contributed by atoms with van der Waals surface area (Å²) in [7, 11) is 1.25. The van der Waals surface area contributed by atoms with Crippen molar-refractivity contribution in [3.05, 3.63) is 35.0 Å². The van der Waals surface area contributed by atoms with Crippen LogP contribution in [0, 0.1) is 6.92 Å². The predicted octanol–water partition coefficient (Wildman–Crippen LogP) is 4.52. The number of thioether (sulfide) groups is 1. The lowest BCUT2D eigenvalue weighted by Crippen LogP contribution is -2.03. The molecule has 1 aromatic carbocycles. The highest BCUT2D eigenvalue weighted by Crippen LogP contribution is 2.38. The number of alkyl halides is 3. The van der Waals surface area contributed by atoms with Gasteiger partial charge < -0.3 is 4.74 Å². The molecule has 0 amide bonds. The second kappa shape index (κ2) is 6.07. The minimum absolute atomic E-state index is 0.0899. The molecule has 0 bridgehead atoms. The zero-order valence-corrected chi connectivity index (χ0v) is 12.7. The number of carbonyl (C=O) groups is 1. The second-order valence-electron chi connectivity index (χ2n) is 3.97. The number of aromatic nitrogens is 1. The van der Waals surface area contributed by atoms with Crippen molar-refractivity contribution in [1.82, 2.24) is 4.98 Å². The monoisotopic (exact) mass is 333 g/mol. The standard InChI is InChI=1S/C13H10F3NO2S2/c1-7-17-10(12(18)19-2)11(20-7)8-3-5-9(6-4-8)21-13(14,15)16/h3-6H,1-2H3. The van der Waals surface area contributed by atoms with Gasteiger partial charge in [-0.3, -0.25) is 0 Å². The number of ether oxygens (including phenoxy) is 1. The highest BCUT2D eigenvalue weighted by molar-refractivity contribution is 8.00. The van der Waals surface area contributed by atoms with E-state index >= 15 is 0 Å². The third-order valence-corrected chi connectivity index (χ3v) is 4.22. The molecule has 0 fully saturated rings. The smallest absolute Gasteiger partial charge is 0.446 e. The van der Waals surface area contributed by atoms with Crippen LogP contribution in [0.25, 0.3) is 10.4 Å². The summed E-state index contributed by atoms with van der Waals surface area (Å²) >= 11 is 1.11. The molecule has 1 heterocycles. The Morgan fingerprint density at radius 2 is 1.90 bits per heavy atom. The summed E-state index contributed by atoms with van der Waals surface area (Å²) in [5.41, 5.74) is -3.51. The number of hydrogen-bond donors (Lipinski definition) is 0. The fraction of sp³-hybridized carbons (Fsp3) is 0.231. The van der Waals surface area contributed by atoms with Gasteiger partial charge in [-0.05, 0) is 36.4 Å². The summed E-state index contributed by atoms with van der Waals surface area (Å²) in [6, 6.07) is 5.80. The number of aryl methyl sites for hydroxylation is 1. The Labute approximate surface area is 127 Å². The molecule has 0 spiro atoms. The summed E-state index contributed by atoms with van der Waals surface area (Å²) in [5.74, 6) is -0.567. The minimum Gasteiger partial charge on any atom is -0.464 e. The molecule has 3 nitrogen and oxygen atoms in total. The Hall–Kier alpha value is -1.54. The number of benzene rings is 1. The molecule has 0 saturated carbocycles. The first-order valence-electron chi connectivity index (χ1n) is 5.72. The van der Waals surface area contributed by atoms with E-state index in [-0.39, 0.29) is 22.4 Å². The molecule has 0 atom stereocenters. The van der Waals surface area contributed by atoms with Crippen LogP contribution in [0.2, 0.25) is 0 Å². The van der Waals surface area contributed by atoms with Gasteiger partial charge in [0.05, 0.1) is 17.0 Å². The summed E-state index contributed by atoms with van der Waals surface area (Å²) in [4.78, 5) is 16.4. The molecule has 112 valence electrons. The van der Waals surface area contributed by atoms with Gasteiger partial charge in [0.1, 0.15) is 0 Å². The van der Waals surface area contributed by atoms with E-state index in [1.165, 1.54) is 42.7 Å². The van der Waals surface area contributed by atoms with Crippen LogP contribution in [-0.4, -0.2) is 23.6 Å². The Morgan fingerprint density at radius 1 is 1.29 bits per heavy atom. The maximum absolute atomic E-state index is 12.3. The lowest BCUT2D eigenvalue weighted by molar-refractivity contribution is -0.0328. The van der Waals surface area contributed by atoms with Gasteiger partial charge in [-0.25, -0.2) is 9.78 Å². The molecule has 0 saturated heterocycles. The maximum Gasteiger partial charge on any atom is 0.446 e. The van der Waals surface area contributed by atoms with Crippen LogP contribution in [0.1, 0.15) is 15.5 Å². The summed E-state index contributed by atoms with van der Waals surface area (Å²) in [6.45, 7) is 1.74. The van der Waals surface area contributed by atoms with Crippen molar-refractivity contribution in [2.24, 2.45) is 0 Å². The Morgan fingerprint density at radius 3 is 2.43 bits per heavy atom. The van der Waals surface area contributed by atoms with Gasteiger partial charge in [0.25, 0.3) is 0 Å². The molecule has 0 aliphatic rings. The summed E-state index contributed by atoms with van der Waals surface area (Å²) in [6.07, 6.45) is 0. The lowest BCUT2D eigenvalue weighted by Gasteiger charge is -2.06. The van der Waals surface area contributed by atoms with Crippen molar-refractivity contribution >= 4 is 29.1 Å². The molecule has 1 aromatic heterocycles. The zero-order chi connectivity index (χ0) is 15.6. The molecule has 0 N–H and O–H groups in total. The van der Waals surface area contributed by atoms with Crippen molar-refractivity contribution < 1.29 is 22.7 Å². The normalized spacial score (nSPS) is 11.5. The highest BCUT2D eigenvalue weighted by atomic mass is 32.2. The van der Waals surface area contributed by atoms with Crippen LogP contribution in [0.5, 0.6) is 0 Å². The van der Waals surface area contributed by atoms with E-state index in [4.69, 9.17) is 0 Å². The van der Waals surface area contributed by atoms with Crippen LogP contribution in [-0.2, 0) is 4.74 Å². The van der Waals surface area contributed by atoms with Gasteiger partial charge in [-0.15, -0.1) is 11.3 Å². The second-order valence-corrected chi connectivity index (χ2v) is 6.32. The van der Waals surface area contributed by atoms with E-state index in [0.29, 0.717) is 15.4 Å². The molecule has 2 aromatic rings. The largest absolute Gasteiger partial charge is 0.464 e. The van der Waals surface area contributed by atoms with Crippen molar-refractivity contribution in [2.45, 2.75) is 17.3 Å². The van der Waals surface area contributed by atoms with Crippen molar-refractivity contribution in [2.75, 3.05) is 7.11 Å². The molecule has 0 aliphatic heterocycles. The van der Waals surface area contributed by atoms with Gasteiger partial charge in [-0.2, -0.15) is 13.2 Å². The predicted molar refractivity (Wildman–Crippen MR) is 75.5 cm³/mol. The van der Waals surface area contributed by atoms with E-state index in [1.54, 1.807) is 6.92 Å². The number of halogens is 3. The molecular weight excluding hydrogens is 323 g/mol. The van der Waals surface area contributed by atoms with Crippen LogP contribution in [0.15, 0.2) is 29.2 Å². The molecule has 2 rings (SSSR count). The van der Waals surface area contributed by atoms with Gasteiger partial charge in [-0.1, -0.05) is 12.1 Å². The number of nitrogens with zero attached hydrogens (tertiary/aromatic N) is 1. The molecular formula is C13H10F3NO2S2. The average Bonchev–Trinajstić information content (AvgIpc) is 2.79. The number of rotatable bonds is 3. The molecule has 21 heavy (non-hydrogen) atoms. The van der Waals surface area contributed by atoms with Crippen LogP contribution in [0.3, 0.4) is 0 Å². The fourth-order valence-electron chi connectivity index (χ4n) is 1.67. The minimum atomic E-state index is -4.32. The third kappa shape index (κ3) is 3.98. The molecule has 0 radical (unpaired) electrons. The first kappa shape index (κ1) is 15.8. The molecule has 0 unspecified atom stereocenters. The van der Waals surface area contributed by atoms with Gasteiger partial charge in [0.15, 0.2) is 5.69 Å². The van der Waals surface area contributed by atoms with Crippen LogP contribution >= 0.6 is 23.1 Å². The topological polar surface area (TPSA) is 39.2 Å². The zero-order valence-electron chi connectivity index (χ0n) is 11.0. The lowest BCUT2D eigenvalue weighted by atomic mass is 10.1. The van der Waals surface area contributed by atoms with E-state index in [9.17, 15) is 18.0 Å². The van der Waals surface area contributed by atoms with E-state index in [2.05, 4.69) is 9.72 Å². The number of hydrogen-bond acceptors (Lipinski definition) is 5. The van der Waals surface area contributed by atoms with E-state index in [0.717, 1.165) is 0 Å². The number of esters is 1. The Kier molecular flexibility index (Phi) is 4.58.